The smallest absolute Gasteiger partial charge is 0.306 e. The Labute approximate surface area is 395 Å². The van der Waals surface area contributed by atoms with Crippen LogP contribution in [0.15, 0.2) is 36.5 Å². The number of carbonyl (C=O) groups is 2. The molecule has 0 aromatic heterocycles. The van der Waals surface area contributed by atoms with Gasteiger partial charge >= 0.3 is 11.9 Å². The SMILES string of the molecule is CCCCCCC/C=C\C/C=C\C/C=C\CCCCCCCCCCC(=O)OC(COC(=O)CCCCCCCCCCCCCCCCCCC)COP(=O)([O-])OCC[N+](C)(C)C. The molecule has 0 N–H and O–H groups in total. The van der Waals surface area contributed by atoms with Crippen LogP contribution in [-0.4, -0.2) is 70.0 Å². The molecule has 0 spiro atoms. The first-order valence-electron chi connectivity index (χ1n) is 26.7. The van der Waals surface area contributed by atoms with Crippen LogP contribution in [0.5, 0.6) is 0 Å². The van der Waals surface area contributed by atoms with Gasteiger partial charge in [0.1, 0.15) is 19.8 Å². The van der Waals surface area contributed by atoms with E-state index >= 15 is 0 Å². The van der Waals surface area contributed by atoms with Gasteiger partial charge in [-0.2, -0.15) is 0 Å². The first-order chi connectivity index (χ1) is 31.0. The zero-order valence-electron chi connectivity index (χ0n) is 42.5. The van der Waals surface area contributed by atoms with Crippen LogP contribution in [0.2, 0.25) is 0 Å². The van der Waals surface area contributed by atoms with Gasteiger partial charge in [-0.1, -0.05) is 217 Å². The molecule has 0 aliphatic carbocycles. The number of unbranched alkanes of at least 4 members (excludes halogenated alkanes) is 29. The molecular weight excluding hydrogens is 822 g/mol. The van der Waals surface area contributed by atoms with Crippen molar-refractivity contribution in [1.29, 1.82) is 0 Å². The summed E-state index contributed by atoms with van der Waals surface area (Å²) < 4.78 is 34.1. The summed E-state index contributed by atoms with van der Waals surface area (Å²) in [5.41, 5.74) is 0. The van der Waals surface area contributed by atoms with Crippen molar-refractivity contribution in [2.75, 3.05) is 47.5 Å². The zero-order chi connectivity index (χ0) is 47.1. The van der Waals surface area contributed by atoms with E-state index in [1.165, 1.54) is 154 Å². The second-order valence-corrected chi connectivity index (χ2v) is 20.7. The van der Waals surface area contributed by atoms with Gasteiger partial charge in [0.25, 0.3) is 7.82 Å². The van der Waals surface area contributed by atoms with E-state index in [9.17, 15) is 19.0 Å². The molecule has 0 radical (unpaired) electrons. The molecule has 376 valence electrons. The second-order valence-electron chi connectivity index (χ2n) is 19.2. The van der Waals surface area contributed by atoms with Gasteiger partial charge in [-0.3, -0.25) is 14.2 Å². The fourth-order valence-electron chi connectivity index (χ4n) is 7.49. The second kappa shape index (κ2) is 46.3. The Balaban J connectivity index is 4.23. The number of hydrogen-bond acceptors (Lipinski definition) is 8. The largest absolute Gasteiger partial charge is 0.756 e. The van der Waals surface area contributed by atoms with Gasteiger partial charge in [-0.15, -0.1) is 0 Å². The third-order valence-electron chi connectivity index (χ3n) is 11.7. The lowest BCUT2D eigenvalue weighted by molar-refractivity contribution is -0.870. The highest BCUT2D eigenvalue weighted by molar-refractivity contribution is 7.45. The third-order valence-corrected chi connectivity index (χ3v) is 12.6. The molecule has 0 saturated carbocycles. The zero-order valence-corrected chi connectivity index (χ0v) is 43.4. The van der Waals surface area contributed by atoms with E-state index < -0.39 is 26.5 Å². The number of allylic oxidation sites excluding steroid dienone is 6. The molecule has 9 nitrogen and oxygen atoms in total. The normalized spacial score (nSPS) is 13.7. The van der Waals surface area contributed by atoms with Gasteiger partial charge in [0.05, 0.1) is 27.7 Å². The number of hydrogen-bond donors (Lipinski definition) is 0. The van der Waals surface area contributed by atoms with Crippen molar-refractivity contribution in [3.05, 3.63) is 36.5 Å². The predicted molar refractivity (Wildman–Crippen MR) is 268 cm³/mol. The van der Waals surface area contributed by atoms with Crippen LogP contribution >= 0.6 is 7.82 Å². The summed E-state index contributed by atoms with van der Waals surface area (Å²) in [6.45, 7) is 4.25. The van der Waals surface area contributed by atoms with Crippen LogP contribution in [0.25, 0.3) is 0 Å². The monoisotopic (exact) mass is 924 g/mol. The molecule has 0 heterocycles. The number of carbonyl (C=O) groups excluding carboxylic acids is 2. The van der Waals surface area contributed by atoms with E-state index in [1.807, 2.05) is 21.1 Å². The molecule has 0 fully saturated rings. The minimum absolute atomic E-state index is 0.0313. The molecular formula is C54H102NO8P. The Kier molecular flexibility index (Phi) is 45.1. The van der Waals surface area contributed by atoms with Crippen molar-refractivity contribution < 1.29 is 42.1 Å². The van der Waals surface area contributed by atoms with Crippen molar-refractivity contribution in [3.8, 4) is 0 Å². The third kappa shape index (κ3) is 49.7. The highest BCUT2D eigenvalue weighted by atomic mass is 31.2. The Morgan fingerprint density at radius 2 is 0.844 bits per heavy atom. The maximum Gasteiger partial charge on any atom is 0.306 e. The molecule has 0 aliphatic rings. The van der Waals surface area contributed by atoms with Gasteiger partial charge < -0.3 is 27.9 Å². The lowest BCUT2D eigenvalue weighted by atomic mass is 10.0. The summed E-state index contributed by atoms with van der Waals surface area (Å²) in [6.07, 6.45) is 54.6. The number of esters is 2. The Morgan fingerprint density at radius 3 is 1.25 bits per heavy atom. The van der Waals surface area contributed by atoms with Crippen LogP contribution in [0.1, 0.15) is 245 Å². The van der Waals surface area contributed by atoms with Crippen LogP contribution in [0.4, 0.5) is 0 Å². The van der Waals surface area contributed by atoms with Crippen LogP contribution < -0.4 is 4.89 Å². The summed E-state index contributed by atoms with van der Waals surface area (Å²) in [5.74, 6) is -0.832. The van der Waals surface area contributed by atoms with E-state index in [2.05, 4.69) is 50.3 Å². The molecule has 10 heteroatoms. The average molecular weight is 924 g/mol. The summed E-state index contributed by atoms with van der Waals surface area (Å²) in [6, 6.07) is 0. The molecule has 2 atom stereocenters. The number of phosphoric acid groups is 1. The van der Waals surface area contributed by atoms with Gasteiger partial charge in [0.2, 0.25) is 0 Å². The number of quaternary nitrogens is 1. The molecule has 0 aromatic carbocycles. The Bertz CT molecular complexity index is 1180. The van der Waals surface area contributed by atoms with Crippen molar-refractivity contribution in [2.45, 2.75) is 251 Å². The Hall–Kier alpha value is -1.77. The molecule has 0 rings (SSSR count). The van der Waals surface area contributed by atoms with Gasteiger partial charge in [-0.25, -0.2) is 0 Å². The van der Waals surface area contributed by atoms with Crippen LogP contribution in [0, 0.1) is 0 Å². The molecule has 64 heavy (non-hydrogen) atoms. The van der Waals surface area contributed by atoms with Crippen molar-refractivity contribution in [1.82, 2.24) is 0 Å². The van der Waals surface area contributed by atoms with E-state index in [4.69, 9.17) is 18.5 Å². The molecule has 0 saturated heterocycles. The molecule has 0 amide bonds. The first-order valence-corrected chi connectivity index (χ1v) is 28.2. The van der Waals surface area contributed by atoms with Crippen molar-refractivity contribution in [2.24, 2.45) is 0 Å². The lowest BCUT2D eigenvalue weighted by Gasteiger charge is -2.28. The van der Waals surface area contributed by atoms with Crippen LogP contribution in [-0.2, 0) is 32.7 Å². The number of likely N-dealkylation sites (N-methyl/N-ethyl adjacent to an activating group) is 1. The molecule has 0 aromatic rings. The van der Waals surface area contributed by atoms with Gasteiger partial charge in [0, 0.05) is 12.8 Å². The highest BCUT2D eigenvalue weighted by Gasteiger charge is 2.21. The fourth-order valence-corrected chi connectivity index (χ4v) is 8.22. The summed E-state index contributed by atoms with van der Waals surface area (Å²) in [7, 11) is 1.17. The highest BCUT2D eigenvalue weighted by Crippen LogP contribution is 2.38. The molecule has 2 unspecified atom stereocenters. The number of ether oxygens (including phenoxy) is 2. The molecule has 0 aliphatic heterocycles. The molecule has 0 bridgehead atoms. The fraction of sp³-hybridized carbons (Fsp3) is 0.852. The standard InChI is InChI=1S/C54H102NO8P/c1-6-8-10-12-14-16-18-20-22-24-25-26-27-28-29-31-33-35-37-39-41-43-45-47-54(57)63-52(51-62-64(58,59)61-49-48-55(3,4)5)50-60-53(56)46-44-42-40-38-36-34-32-30-23-21-19-17-15-13-11-9-7-2/h18,20,24-25,27-28,52H,6-17,19,21-23,26,29-51H2,1-5H3/b20-18-,25-24-,28-27-. The van der Waals surface area contributed by atoms with E-state index in [0.29, 0.717) is 17.4 Å². The minimum Gasteiger partial charge on any atom is -0.756 e. The quantitative estimate of drug-likeness (QED) is 0.0195. The van der Waals surface area contributed by atoms with E-state index in [-0.39, 0.29) is 32.0 Å². The number of nitrogens with zero attached hydrogens (tertiary/aromatic N) is 1. The summed E-state index contributed by atoms with van der Waals surface area (Å²) in [5, 5.41) is 0. The van der Waals surface area contributed by atoms with Gasteiger partial charge in [0.15, 0.2) is 6.10 Å². The maximum atomic E-state index is 12.8. The topological polar surface area (TPSA) is 111 Å². The summed E-state index contributed by atoms with van der Waals surface area (Å²) in [4.78, 5) is 37.8. The lowest BCUT2D eigenvalue weighted by Crippen LogP contribution is -2.37. The minimum atomic E-state index is -4.63. The average Bonchev–Trinajstić information content (AvgIpc) is 3.25. The van der Waals surface area contributed by atoms with E-state index in [1.54, 1.807) is 0 Å². The maximum absolute atomic E-state index is 12.8. The van der Waals surface area contributed by atoms with Gasteiger partial charge in [-0.05, 0) is 51.4 Å². The van der Waals surface area contributed by atoms with Crippen molar-refractivity contribution >= 4 is 19.8 Å². The number of rotatable bonds is 49. The summed E-state index contributed by atoms with van der Waals surface area (Å²) >= 11 is 0. The first kappa shape index (κ1) is 62.2. The van der Waals surface area contributed by atoms with Crippen molar-refractivity contribution in [3.63, 3.8) is 0 Å². The number of phosphoric ester groups is 1. The van der Waals surface area contributed by atoms with Crippen LogP contribution in [0.3, 0.4) is 0 Å². The predicted octanol–water partition coefficient (Wildman–Crippen LogP) is 15.4. The Morgan fingerprint density at radius 1 is 0.484 bits per heavy atom. The van der Waals surface area contributed by atoms with E-state index in [0.717, 1.165) is 57.8 Å².